The number of anilines is 2. The number of rotatable bonds is 2. The van der Waals surface area contributed by atoms with Crippen molar-refractivity contribution in [2.75, 3.05) is 5.32 Å². The summed E-state index contributed by atoms with van der Waals surface area (Å²) in [6, 6.07) is 6.82. The molecule has 0 amide bonds. The molecule has 0 aliphatic carbocycles. The molecule has 7 heteroatoms. The highest BCUT2D eigenvalue weighted by atomic mass is 16.2. The molecular formula is C11H9N5O2. The maximum absolute atomic E-state index is 11.1. The first-order valence-electron chi connectivity index (χ1n) is 5.24. The van der Waals surface area contributed by atoms with Crippen molar-refractivity contribution in [2.24, 2.45) is 0 Å². The Balaban J connectivity index is 2.00. The zero-order valence-corrected chi connectivity index (χ0v) is 9.15. The third-order valence-corrected chi connectivity index (χ3v) is 2.48. The van der Waals surface area contributed by atoms with Crippen LogP contribution in [0.15, 0.2) is 40.1 Å². The first kappa shape index (κ1) is 10.3. The van der Waals surface area contributed by atoms with Crippen molar-refractivity contribution in [3.05, 3.63) is 51.3 Å². The second kappa shape index (κ2) is 3.88. The highest BCUT2D eigenvalue weighted by molar-refractivity contribution is 5.82. The van der Waals surface area contributed by atoms with Crippen molar-refractivity contribution >= 4 is 22.4 Å². The van der Waals surface area contributed by atoms with Gasteiger partial charge in [0.05, 0.1) is 11.7 Å². The summed E-state index contributed by atoms with van der Waals surface area (Å²) in [5.41, 5.74) is 0.608. The second-order valence-corrected chi connectivity index (χ2v) is 3.80. The lowest BCUT2D eigenvalue weighted by Gasteiger charge is -2.04. The molecule has 3 aromatic rings. The van der Waals surface area contributed by atoms with Crippen LogP contribution in [0, 0.1) is 0 Å². The van der Waals surface area contributed by atoms with Gasteiger partial charge in [-0.3, -0.25) is 19.9 Å². The van der Waals surface area contributed by atoms with E-state index in [9.17, 15) is 9.59 Å². The van der Waals surface area contributed by atoms with Gasteiger partial charge in [0, 0.05) is 17.1 Å². The van der Waals surface area contributed by atoms with Crippen molar-refractivity contribution < 1.29 is 0 Å². The normalized spacial score (nSPS) is 10.7. The Kier molecular flexibility index (Phi) is 2.23. The number of aromatic amines is 3. The number of nitrogens with zero attached hydrogens (tertiary/aromatic N) is 1. The van der Waals surface area contributed by atoms with Crippen LogP contribution < -0.4 is 16.6 Å². The first-order chi connectivity index (χ1) is 8.70. The van der Waals surface area contributed by atoms with Crippen LogP contribution in [0.4, 0.5) is 11.5 Å². The summed E-state index contributed by atoms with van der Waals surface area (Å²) in [5.74, 6) is 0.336. The van der Waals surface area contributed by atoms with Gasteiger partial charge in [-0.2, -0.15) is 5.10 Å². The number of aromatic nitrogens is 4. The number of H-pyrrole nitrogens is 3. The molecule has 0 fully saturated rings. The molecule has 3 rings (SSSR count). The van der Waals surface area contributed by atoms with Gasteiger partial charge in [-0.25, -0.2) is 4.79 Å². The molecule has 18 heavy (non-hydrogen) atoms. The van der Waals surface area contributed by atoms with Crippen LogP contribution >= 0.6 is 0 Å². The fourth-order valence-corrected chi connectivity index (χ4v) is 1.71. The Morgan fingerprint density at radius 2 is 2.00 bits per heavy atom. The van der Waals surface area contributed by atoms with E-state index in [2.05, 4.69) is 25.5 Å². The molecule has 2 heterocycles. The average Bonchev–Trinajstić information content (AvgIpc) is 2.74. The summed E-state index contributed by atoms with van der Waals surface area (Å²) >= 11 is 0. The predicted octanol–water partition coefficient (Wildman–Crippen LogP) is 0.683. The zero-order valence-electron chi connectivity index (χ0n) is 9.15. The number of fused-ring (bicyclic) bond motifs is 1. The van der Waals surface area contributed by atoms with Crippen LogP contribution in [-0.2, 0) is 0 Å². The number of hydrogen-bond acceptors (Lipinski definition) is 4. The largest absolute Gasteiger partial charge is 0.341 e. The molecule has 0 spiro atoms. The summed E-state index contributed by atoms with van der Waals surface area (Å²) in [6.07, 6.45) is 1.72. The Bertz CT molecular complexity index is 785. The topological polar surface area (TPSA) is 106 Å². The number of benzene rings is 1. The molecule has 0 aliphatic heterocycles. The maximum atomic E-state index is 11.1. The van der Waals surface area contributed by atoms with Crippen molar-refractivity contribution in [3.63, 3.8) is 0 Å². The van der Waals surface area contributed by atoms with Crippen LogP contribution in [0.1, 0.15) is 0 Å². The molecule has 1 aromatic carbocycles. The summed E-state index contributed by atoms with van der Waals surface area (Å²) in [4.78, 5) is 26.8. The van der Waals surface area contributed by atoms with Gasteiger partial charge in [0.15, 0.2) is 0 Å². The molecule has 0 bridgehead atoms. The Morgan fingerprint density at radius 3 is 2.83 bits per heavy atom. The fourth-order valence-electron chi connectivity index (χ4n) is 1.71. The third kappa shape index (κ3) is 1.88. The fraction of sp³-hybridized carbons (Fsp3) is 0. The molecule has 4 N–H and O–H groups in total. The van der Waals surface area contributed by atoms with Crippen molar-refractivity contribution in [2.45, 2.75) is 0 Å². The van der Waals surface area contributed by atoms with Crippen molar-refractivity contribution in [1.29, 1.82) is 0 Å². The second-order valence-electron chi connectivity index (χ2n) is 3.80. The monoisotopic (exact) mass is 243 g/mol. The summed E-state index contributed by atoms with van der Waals surface area (Å²) in [7, 11) is 0. The van der Waals surface area contributed by atoms with E-state index in [4.69, 9.17) is 0 Å². The molecule has 0 radical (unpaired) electrons. The summed E-state index contributed by atoms with van der Waals surface area (Å²) < 4.78 is 0. The molecule has 0 aliphatic rings. The standard InChI is InChI=1S/C11H9N5O2/c17-10-4-9(14-11(18)15-10)13-7-2-1-6-5-12-16-8(6)3-7/h1-5H,(H,12,16)(H3,13,14,15,17,18). The predicted molar refractivity (Wildman–Crippen MR) is 67.1 cm³/mol. The lowest BCUT2D eigenvalue weighted by molar-refractivity contribution is 1.04. The summed E-state index contributed by atoms with van der Waals surface area (Å²) in [5, 5.41) is 10.7. The SMILES string of the molecule is O=c1cc(Nc2ccc3cn[nH]c3c2)[nH]c(=O)[nH]1. The van der Waals surface area contributed by atoms with Crippen molar-refractivity contribution in [3.8, 4) is 0 Å². The molecule has 90 valence electrons. The van der Waals surface area contributed by atoms with Crippen LogP contribution in [0.3, 0.4) is 0 Å². The quantitative estimate of drug-likeness (QED) is 0.531. The van der Waals surface area contributed by atoms with Gasteiger partial charge in [0.1, 0.15) is 5.82 Å². The number of hydrogen-bond donors (Lipinski definition) is 4. The van der Waals surface area contributed by atoms with Gasteiger partial charge in [-0.05, 0) is 18.2 Å². The molecule has 0 saturated heterocycles. The minimum atomic E-state index is -0.549. The minimum absolute atomic E-state index is 0.336. The van der Waals surface area contributed by atoms with Crippen LogP contribution in [-0.4, -0.2) is 20.2 Å². The highest BCUT2D eigenvalue weighted by Crippen LogP contribution is 2.18. The van der Waals surface area contributed by atoms with Crippen LogP contribution in [0.5, 0.6) is 0 Å². The van der Waals surface area contributed by atoms with Gasteiger partial charge < -0.3 is 5.32 Å². The zero-order chi connectivity index (χ0) is 12.5. The van der Waals surface area contributed by atoms with E-state index in [-0.39, 0.29) is 0 Å². The first-order valence-corrected chi connectivity index (χ1v) is 5.24. The summed E-state index contributed by atoms with van der Waals surface area (Å²) in [6.45, 7) is 0. The van der Waals surface area contributed by atoms with Crippen LogP contribution in [0.25, 0.3) is 10.9 Å². The highest BCUT2D eigenvalue weighted by Gasteiger charge is 2.00. The van der Waals surface area contributed by atoms with E-state index in [0.29, 0.717) is 5.82 Å². The van der Waals surface area contributed by atoms with E-state index in [1.54, 1.807) is 6.20 Å². The average molecular weight is 243 g/mol. The molecule has 0 unspecified atom stereocenters. The van der Waals surface area contributed by atoms with Gasteiger partial charge in [-0.15, -0.1) is 0 Å². The number of nitrogens with one attached hydrogen (secondary N) is 4. The van der Waals surface area contributed by atoms with E-state index in [1.165, 1.54) is 6.07 Å². The molecule has 0 saturated carbocycles. The van der Waals surface area contributed by atoms with E-state index >= 15 is 0 Å². The van der Waals surface area contributed by atoms with E-state index < -0.39 is 11.2 Å². The Labute approximate surface area is 99.9 Å². The Hall–Kier alpha value is -2.83. The molecule has 2 aromatic heterocycles. The lowest BCUT2D eigenvalue weighted by Crippen LogP contribution is -2.22. The van der Waals surface area contributed by atoms with E-state index in [0.717, 1.165) is 16.6 Å². The van der Waals surface area contributed by atoms with Crippen LogP contribution in [0.2, 0.25) is 0 Å². The molecule has 0 atom stereocenters. The smallest absolute Gasteiger partial charge is 0.327 e. The Morgan fingerprint density at radius 1 is 1.11 bits per heavy atom. The molecular weight excluding hydrogens is 234 g/mol. The molecule has 7 nitrogen and oxygen atoms in total. The van der Waals surface area contributed by atoms with Crippen molar-refractivity contribution in [1.82, 2.24) is 20.2 Å². The lowest BCUT2D eigenvalue weighted by atomic mass is 10.2. The van der Waals surface area contributed by atoms with Gasteiger partial charge in [0.25, 0.3) is 5.56 Å². The maximum Gasteiger partial charge on any atom is 0.327 e. The van der Waals surface area contributed by atoms with Gasteiger partial charge >= 0.3 is 5.69 Å². The van der Waals surface area contributed by atoms with Gasteiger partial charge in [-0.1, -0.05) is 0 Å². The minimum Gasteiger partial charge on any atom is -0.341 e. The van der Waals surface area contributed by atoms with Gasteiger partial charge in [0.2, 0.25) is 0 Å². The third-order valence-electron chi connectivity index (χ3n) is 2.48. The van der Waals surface area contributed by atoms with E-state index in [1.807, 2.05) is 18.2 Å².